The fraction of sp³-hybridized carbons (Fsp3) is 0.323. The summed E-state index contributed by atoms with van der Waals surface area (Å²) >= 11 is 4.94. The monoisotopic (exact) mass is 725 g/mol. The predicted octanol–water partition coefficient (Wildman–Crippen LogP) is 5.51. The van der Waals surface area contributed by atoms with Gasteiger partial charge in [-0.1, -0.05) is 0 Å². The predicted molar refractivity (Wildman–Crippen MR) is 183 cm³/mol. The Morgan fingerprint density at radius 1 is 1.07 bits per heavy atom. The van der Waals surface area contributed by atoms with Crippen molar-refractivity contribution >= 4 is 88.5 Å². The van der Waals surface area contributed by atoms with Gasteiger partial charge in [0.15, 0.2) is 0 Å². The quantitative estimate of drug-likeness (QED) is 0.0907. The fourth-order valence-corrected chi connectivity index (χ4v) is 11.1. The van der Waals surface area contributed by atoms with Crippen LogP contribution >= 0.6 is 31.7 Å². The van der Waals surface area contributed by atoms with Gasteiger partial charge in [0, 0.05) is 0 Å². The Bertz CT molecular complexity index is 1920. The van der Waals surface area contributed by atoms with Gasteiger partial charge in [-0.25, -0.2) is 0 Å². The number of carbonyl (C=O) groups excluding carboxylic acids is 2. The number of rotatable bonds is 6. The van der Waals surface area contributed by atoms with Crippen molar-refractivity contribution in [3.05, 3.63) is 65.6 Å². The molecule has 0 spiro atoms. The van der Waals surface area contributed by atoms with Crippen molar-refractivity contribution in [2.45, 2.75) is 29.6 Å². The first-order valence-corrected chi connectivity index (χ1v) is 18.8. The topological polar surface area (TPSA) is 122 Å². The second-order valence-electron chi connectivity index (χ2n) is 11.3. The van der Waals surface area contributed by atoms with Crippen LogP contribution in [0.5, 0.6) is 0 Å². The van der Waals surface area contributed by atoms with E-state index in [-0.39, 0.29) is 11.8 Å². The summed E-state index contributed by atoms with van der Waals surface area (Å²) < 4.78 is 9.34. The minimum atomic E-state index is -1.58. The number of piperidine rings is 1. The number of carbonyl (C=O) groups is 2. The maximum absolute atomic E-state index is 12.5. The van der Waals surface area contributed by atoms with Crippen molar-refractivity contribution < 1.29 is 9.59 Å². The molecule has 7 rings (SSSR count). The van der Waals surface area contributed by atoms with Crippen LogP contribution in [-0.4, -0.2) is 57.6 Å². The molecule has 228 valence electrons. The van der Waals surface area contributed by atoms with Crippen molar-refractivity contribution in [3.63, 3.8) is 0 Å². The Hall–Kier alpha value is -3.91. The van der Waals surface area contributed by atoms with Gasteiger partial charge in [0.1, 0.15) is 0 Å². The molecule has 2 aromatic carbocycles. The summed E-state index contributed by atoms with van der Waals surface area (Å²) in [6, 6.07) is 14.6. The number of amides is 2. The number of anilines is 4. The van der Waals surface area contributed by atoms with Crippen LogP contribution in [0.4, 0.5) is 23.1 Å². The van der Waals surface area contributed by atoms with E-state index < -0.39 is 26.0 Å². The third kappa shape index (κ3) is 5.45. The Morgan fingerprint density at radius 3 is 2.70 bits per heavy atom. The molecule has 5 heterocycles. The minimum absolute atomic E-state index is 0.218. The molecule has 1 unspecified atom stereocenters. The Kier molecular flexibility index (Phi) is 7.57. The van der Waals surface area contributed by atoms with Gasteiger partial charge < -0.3 is 0 Å². The van der Waals surface area contributed by atoms with Crippen LogP contribution in [0, 0.1) is 0 Å². The molecule has 11 nitrogen and oxygen atoms in total. The summed E-state index contributed by atoms with van der Waals surface area (Å²) in [6.07, 6.45) is 4.54. The average Bonchev–Trinajstić information content (AvgIpc) is 3.54. The first kappa shape index (κ1) is 28.8. The fourth-order valence-electron chi connectivity index (χ4n) is 5.95. The zero-order valence-corrected chi connectivity index (χ0v) is 27.6. The average molecular weight is 726 g/mol. The van der Waals surface area contributed by atoms with Crippen molar-refractivity contribution in [2.24, 2.45) is 14.1 Å². The van der Waals surface area contributed by atoms with Crippen LogP contribution in [0.2, 0.25) is 5.02 Å². The van der Waals surface area contributed by atoms with E-state index in [9.17, 15) is 9.59 Å². The number of hydrogen-bond donors (Lipinski definition) is 3. The van der Waals surface area contributed by atoms with Gasteiger partial charge in [-0.05, 0) is 0 Å². The van der Waals surface area contributed by atoms with E-state index in [4.69, 9.17) is 16.6 Å². The molecule has 2 amide bonds. The molecule has 44 heavy (non-hydrogen) atoms. The van der Waals surface area contributed by atoms with Gasteiger partial charge in [-0.3, -0.25) is 0 Å². The number of halogens is 2. The summed E-state index contributed by atoms with van der Waals surface area (Å²) in [6.45, 7) is 4.03. The third-order valence-electron chi connectivity index (χ3n) is 8.32. The zero-order chi connectivity index (χ0) is 30.5. The van der Waals surface area contributed by atoms with E-state index in [1.807, 2.05) is 37.1 Å². The Morgan fingerprint density at radius 2 is 1.89 bits per heavy atom. The van der Waals surface area contributed by atoms with Crippen LogP contribution in [0.1, 0.15) is 31.4 Å². The molecule has 0 aliphatic carbocycles. The number of alkyl halides is 2. The molecule has 2 aliphatic rings. The number of aryl methyl sites for hydroxylation is 2. The molecule has 3 N–H and O–H groups in total. The number of fused-ring (bicyclic) bond motifs is 2. The number of hydrogen-bond acceptors (Lipinski definition) is 8. The molecule has 2 atom stereocenters. The van der Waals surface area contributed by atoms with Gasteiger partial charge >= 0.3 is 268 Å². The number of nitrogens with one attached hydrogen (secondary N) is 3. The van der Waals surface area contributed by atoms with Gasteiger partial charge in [0.05, 0.1) is 0 Å². The van der Waals surface area contributed by atoms with E-state index in [1.54, 1.807) is 6.20 Å². The van der Waals surface area contributed by atoms with Gasteiger partial charge in [0.2, 0.25) is 0 Å². The Balaban J connectivity index is 1.03. The van der Waals surface area contributed by atoms with E-state index in [1.165, 1.54) is 5.39 Å². The number of imide groups is 1. The number of nitrogens with zero attached hydrogens (tertiary/aromatic N) is 6. The molecule has 2 saturated heterocycles. The molecular formula is C31H33ClIN9O2. The molecule has 2 aliphatic heterocycles. The second kappa shape index (κ2) is 11.5. The van der Waals surface area contributed by atoms with Crippen molar-refractivity contribution in [3.8, 4) is 0 Å². The standard InChI is InChI=1S/C31H33ClIN9O2/c1-18-17-42(31-34-16-24(32)29(37-31)35-20-5-4-19-10-12-40(2)25(19)14-20)13-11-33(18)38-21-6-7-22-26(15-21)41(3)39-28(22)23-8-9-27(43)36-30(23)44/h4-7,10,12,14-16,18,23,38H,8-9,11,13,17H2,1-3H3,(H,34,35,37)(H,36,43,44)/t18-,23?/m1/s1. The van der Waals surface area contributed by atoms with E-state index in [0.717, 1.165) is 51.0 Å². The normalized spacial score (nSPS) is 19.9. The van der Waals surface area contributed by atoms with Crippen molar-refractivity contribution in [2.75, 3.05) is 31.3 Å². The summed E-state index contributed by atoms with van der Waals surface area (Å²) in [5.41, 5.74) is 4.83. The number of aromatic nitrogens is 5. The summed E-state index contributed by atoms with van der Waals surface area (Å²) in [5.74, 6) is 0.380. The van der Waals surface area contributed by atoms with Crippen LogP contribution in [0.25, 0.3) is 21.8 Å². The molecular weight excluding hydrogens is 693 g/mol. The molecule has 0 bridgehead atoms. The van der Waals surface area contributed by atoms with E-state index in [0.29, 0.717) is 33.6 Å². The Labute approximate surface area is 267 Å². The second-order valence-corrected chi connectivity index (χ2v) is 17.8. The first-order chi connectivity index (χ1) is 21.2. The van der Waals surface area contributed by atoms with Crippen LogP contribution < -0.4 is 19.1 Å². The first-order valence-electron chi connectivity index (χ1n) is 14.5. The van der Waals surface area contributed by atoms with E-state index >= 15 is 0 Å². The zero-order valence-electron chi connectivity index (χ0n) is 24.6. The molecule has 2 fully saturated rings. The molecule has 0 radical (unpaired) electrons. The van der Waals surface area contributed by atoms with Gasteiger partial charge in [-0.15, -0.1) is 0 Å². The molecule has 13 heteroatoms. The van der Waals surface area contributed by atoms with E-state index in [2.05, 4.69) is 71.0 Å². The van der Waals surface area contributed by atoms with Crippen LogP contribution in [0.3, 0.4) is 0 Å². The third-order valence-corrected chi connectivity index (χ3v) is 14.5. The molecule has 5 aromatic rings. The van der Waals surface area contributed by atoms with Gasteiger partial charge in [0.25, 0.3) is 0 Å². The van der Waals surface area contributed by atoms with Crippen LogP contribution in [-0.2, 0) is 23.7 Å². The molecule has 0 saturated carbocycles. The van der Waals surface area contributed by atoms with Gasteiger partial charge in [-0.2, -0.15) is 0 Å². The SMILES string of the molecule is C[C@@H]1CN(c2ncc(Cl)c(Nc3ccc4ccn(C)c4c3)n2)CCI1Nc1ccc2c(C3CCC(=O)NC3=O)nn(C)c2c1. The summed E-state index contributed by atoms with van der Waals surface area (Å²) in [4.78, 5) is 35.8. The summed E-state index contributed by atoms with van der Waals surface area (Å²) in [5, 5.41) is 13.1. The van der Waals surface area contributed by atoms with Crippen molar-refractivity contribution in [1.82, 2.24) is 29.6 Å². The summed E-state index contributed by atoms with van der Waals surface area (Å²) in [7, 11) is 3.93. The maximum atomic E-state index is 12.5. The molecule has 3 aromatic heterocycles. The number of benzene rings is 2. The van der Waals surface area contributed by atoms with Crippen LogP contribution in [0.15, 0.2) is 54.9 Å². The van der Waals surface area contributed by atoms with Crippen molar-refractivity contribution in [1.29, 1.82) is 0 Å².